The summed E-state index contributed by atoms with van der Waals surface area (Å²) in [5.41, 5.74) is 1.05. The third kappa shape index (κ3) is 2.98. The Bertz CT molecular complexity index is 630. The third-order valence-electron chi connectivity index (χ3n) is 4.72. The van der Waals surface area contributed by atoms with Crippen LogP contribution in [0.2, 0.25) is 0 Å². The van der Waals surface area contributed by atoms with E-state index in [1.165, 1.54) is 25.9 Å². The molecule has 1 aliphatic rings. The fraction of sp³-hybridized carbons (Fsp3) is 0.444. The predicted molar refractivity (Wildman–Crippen MR) is 85.0 cm³/mol. The van der Waals surface area contributed by atoms with Crippen LogP contribution >= 0.6 is 0 Å². The van der Waals surface area contributed by atoms with Crippen LogP contribution in [0.5, 0.6) is 11.5 Å². The summed E-state index contributed by atoms with van der Waals surface area (Å²) in [5.74, 6) is 2.09. The number of hydrogen-bond acceptors (Lipinski definition) is 2. The van der Waals surface area contributed by atoms with Crippen molar-refractivity contribution in [2.45, 2.75) is 26.3 Å². The molecule has 0 aromatic heterocycles. The number of nitrogens with one attached hydrogen (secondary N) is 1. The average Bonchev–Trinajstić information content (AvgIpc) is 2.51. The normalized spacial score (nSPS) is 22.4. The van der Waals surface area contributed by atoms with Gasteiger partial charge < -0.3 is 14.7 Å². The molecule has 1 aliphatic heterocycles. The maximum atomic E-state index is 10.3. The second-order valence-electron chi connectivity index (χ2n) is 6.26. The van der Waals surface area contributed by atoms with Gasteiger partial charge >= 0.3 is 0 Å². The third-order valence-corrected chi connectivity index (χ3v) is 4.72. The summed E-state index contributed by atoms with van der Waals surface area (Å²) in [7, 11) is 1.68. The molecule has 2 aromatic rings. The van der Waals surface area contributed by atoms with E-state index in [0.717, 1.165) is 34.5 Å². The Hall–Kier alpha value is -1.74. The smallest absolute Gasteiger partial charge is 0.125 e. The van der Waals surface area contributed by atoms with Crippen LogP contribution in [0.1, 0.15) is 25.3 Å². The second kappa shape index (κ2) is 5.94. The molecule has 0 unspecified atom stereocenters. The number of methoxy groups -OCH3 is 1. The molecule has 1 fully saturated rings. The second-order valence-corrected chi connectivity index (χ2v) is 6.26. The SMILES string of the molecule is COc1ccc2ccc(O)c(C[NH+]3CCC(C)CC3)c2c1. The molecule has 3 rings (SSSR count). The van der Waals surface area contributed by atoms with E-state index in [4.69, 9.17) is 4.74 Å². The van der Waals surface area contributed by atoms with Crippen molar-refractivity contribution < 1.29 is 14.7 Å². The van der Waals surface area contributed by atoms with Crippen molar-refractivity contribution in [1.29, 1.82) is 0 Å². The highest BCUT2D eigenvalue weighted by Gasteiger charge is 2.21. The Morgan fingerprint density at radius 1 is 1.19 bits per heavy atom. The van der Waals surface area contributed by atoms with Crippen LogP contribution in [-0.4, -0.2) is 25.3 Å². The minimum absolute atomic E-state index is 0.405. The van der Waals surface area contributed by atoms with Gasteiger partial charge in [0.05, 0.1) is 25.8 Å². The zero-order valence-corrected chi connectivity index (χ0v) is 12.9. The number of benzene rings is 2. The Balaban J connectivity index is 1.94. The van der Waals surface area contributed by atoms with Crippen molar-refractivity contribution in [3.63, 3.8) is 0 Å². The zero-order valence-electron chi connectivity index (χ0n) is 12.9. The van der Waals surface area contributed by atoms with Crippen molar-refractivity contribution in [2.24, 2.45) is 5.92 Å². The van der Waals surface area contributed by atoms with Crippen LogP contribution in [0.3, 0.4) is 0 Å². The van der Waals surface area contributed by atoms with E-state index in [1.54, 1.807) is 12.0 Å². The summed E-state index contributed by atoms with van der Waals surface area (Å²) >= 11 is 0. The Kier molecular flexibility index (Phi) is 4.02. The quantitative estimate of drug-likeness (QED) is 0.908. The minimum Gasteiger partial charge on any atom is -0.507 e. The van der Waals surface area contributed by atoms with Crippen LogP contribution in [0, 0.1) is 5.92 Å². The van der Waals surface area contributed by atoms with Gasteiger partial charge in [-0.25, -0.2) is 0 Å². The maximum absolute atomic E-state index is 10.3. The first-order chi connectivity index (χ1) is 10.2. The molecule has 3 heteroatoms. The lowest BCUT2D eigenvalue weighted by molar-refractivity contribution is -0.919. The van der Waals surface area contributed by atoms with Crippen LogP contribution in [0.25, 0.3) is 10.8 Å². The monoisotopic (exact) mass is 286 g/mol. The van der Waals surface area contributed by atoms with E-state index < -0.39 is 0 Å². The van der Waals surface area contributed by atoms with Gasteiger partial charge in [-0.15, -0.1) is 0 Å². The molecule has 0 atom stereocenters. The van der Waals surface area contributed by atoms with Crippen molar-refractivity contribution in [3.05, 3.63) is 35.9 Å². The molecule has 3 nitrogen and oxygen atoms in total. The first-order valence-electron chi connectivity index (χ1n) is 7.79. The van der Waals surface area contributed by atoms with Gasteiger partial charge in [-0.3, -0.25) is 0 Å². The topological polar surface area (TPSA) is 33.9 Å². The van der Waals surface area contributed by atoms with Crippen molar-refractivity contribution in [3.8, 4) is 11.5 Å². The summed E-state index contributed by atoms with van der Waals surface area (Å²) in [4.78, 5) is 1.57. The molecule has 0 saturated carbocycles. The molecular formula is C18H24NO2+. The number of ether oxygens (including phenoxy) is 1. The molecule has 1 saturated heterocycles. The van der Waals surface area contributed by atoms with Gasteiger partial charge in [0.1, 0.15) is 18.0 Å². The number of rotatable bonds is 3. The van der Waals surface area contributed by atoms with Gasteiger partial charge in [0.15, 0.2) is 0 Å². The molecule has 1 heterocycles. The van der Waals surface area contributed by atoms with Crippen LogP contribution in [0.4, 0.5) is 0 Å². The lowest BCUT2D eigenvalue weighted by Gasteiger charge is -2.28. The number of piperidine rings is 1. The van der Waals surface area contributed by atoms with Crippen LogP contribution in [0.15, 0.2) is 30.3 Å². The number of hydrogen-bond donors (Lipinski definition) is 2. The fourth-order valence-corrected chi connectivity index (χ4v) is 3.26. The van der Waals surface area contributed by atoms with Gasteiger partial charge in [-0.05, 0) is 47.7 Å². The molecule has 0 bridgehead atoms. The number of quaternary nitrogens is 1. The molecular weight excluding hydrogens is 262 g/mol. The Labute approximate surface area is 126 Å². The van der Waals surface area contributed by atoms with Crippen LogP contribution < -0.4 is 9.64 Å². The van der Waals surface area contributed by atoms with E-state index in [0.29, 0.717) is 5.75 Å². The highest BCUT2D eigenvalue weighted by atomic mass is 16.5. The first-order valence-corrected chi connectivity index (χ1v) is 7.79. The molecule has 0 radical (unpaired) electrons. The van der Waals surface area contributed by atoms with E-state index in [-0.39, 0.29) is 0 Å². The Morgan fingerprint density at radius 3 is 2.62 bits per heavy atom. The number of aromatic hydroxyl groups is 1. The number of phenols is 1. The van der Waals surface area contributed by atoms with Crippen molar-refractivity contribution in [1.82, 2.24) is 0 Å². The standard InChI is InChI=1S/C18H23NO2/c1-13-7-9-19(10-8-13)12-17-16-11-15(21-2)5-3-14(16)4-6-18(17)20/h3-6,11,13,20H,7-10,12H2,1-2H3/p+1. The summed E-state index contributed by atoms with van der Waals surface area (Å²) in [6.07, 6.45) is 2.56. The van der Waals surface area contributed by atoms with Crippen molar-refractivity contribution >= 4 is 10.8 Å². The average molecular weight is 286 g/mol. The lowest BCUT2D eigenvalue weighted by atomic mass is 9.97. The molecule has 2 N–H and O–H groups in total. The van der Waals surface area contributed by atoms with Gasteiger partial charge in [-0.1, -0.05) is 19.1 Å². The summed E-state index contributed by atoms with van der Waals surface area (Å²) in [6, 6.07) is 9.86. The Morgan fingerprint density at radius 2 is 1.90 bits per heavy atom. The van der Waals surface area contributed by atoms with Crippen LogP contribution in [-0.2, 0) is 6.54 Å². The maximum Gasteiger partial charge on any atom is 0.125 e. The number of fused-ring (bicyclic) bond motifs is 1. The largest absolute Gasteiger partial charge is 0.507 e. The highest BCUT2D eigenvalue weighted by Crippen LogP contribution is 2.29. The van der Waals surface area contributed by atoms with Gasteiger partial charge in [0, 0.05) is 0 Å². The van der Waals surface area contributed by atoms with Gasteiger partial charge in [0.25, 0.3) is 0 Å². The highest BCUT2D eigenvalue weighted by molar-refractivity contribution is 5.88. The molecule has 0 spiro atoms. The molecule has 0 amide bonds. The fourth-order valence-electron chi connectivity index (χ4n) is 3.26. The lowest BCUT2D eigenvalue weighted by Crippen LogP contribution is -3.11. The summed E-state index contributed by atoms with van der Waals surface area (Å²) in [5, 5.41) is 12.6. The molecule has 2 aromatic carbocycles. The molecule has 0 aliphatic carbocycles. The van der Waals surface area contributed by atoms with E-state index in [1.807, 2.05) is 24.3 Å². The first kappa shape index (κ1) is 14.2. The predicted octanol–water partition coefficient (Wildman–Crippen LogP) is 2.37. The van der Waals surface area contributed by atoms with Gasteiger partial charge in [-0.2, -0.15) is 0 Å². The molecule has 112 valence electrons. The zero-order chi connectivity index (χ0) is 14.8. The summed E-state index contributed by atoms with van der Waals surface area (Å²) < 4.78 is 5.33. The van der Waals surface area contributed by atoms with E-state index >= 15 is 0 Å². The van der Waals surface area contributed by atoms with Gasteiger partial charge in [0.2, 0.25) is 0 Å². The number of phenolic OH excluding ortho intramolecular Hbond substituents is 1. The van der Waals surface area contributed by atoms with E-state index in [9.17, 15) is 5.11 Å². The number of likely N-dealkylation sites (tertiary alicyclic amines) is 1. The minimum atomic E-state index is 0.405. The molecule has 21 heavy (non-hydrogen) atoms. The van der Waals surface area contributed by atoms with Crippen molar-refractivity contribution in [2.75, 3.05) is 20.2 Å². The summed E-state index contributed by atoms with van der Waals surface area (Å²) in [6.45, 7) is 5.61. The van der Waals surface area contributed by atoms with E-state index in [2.05, 4.69) is 13.0 Å².